The lowest BCUT2D eigenvalue weighted by molar-refractivity contribution is -0.112. The normalized spacial score (nSPS) is 19.8. The molecule has 0 radical (unpaired) electrons. The van der Waals surface area contributed by atoms with Gasteiger partial charge in [-0.25, -0.2) is 4.79 Å². The Labute approximate surface area is 147 Å². The van der Waals surface area contributed by atoms with Crippen LogP contribution in [0.15, 0.2) is 24.5 Å². The lowest BCUT2D eigenvalue weighted by Crippen LogP contribution is -2.41. The second kappa shape index (κ2) is 9.47. The van der Waals surface area contributed by atoms with Crippen LogP contribution >= 0.6 is 11.6 Å². The van der Waals surface area contributed by atoms with Crippen LogP contribution in [0, 0.1) is 11.8 Å². The second-order valence-corrected chi connectivity index (χ2v) is 6.50. The minimum atomic E-state index is -0.221. The Morgan fingerprint density at radius 2 is 2.21 bits per heavy atom. The maximum atomic E-state index is 11.5. The topological polar surface area (TPSA) is 71.5 Å². The summed E-state index contributed by atoms with van der Waals surface area (Å²) in [5, 5.41) is 3.19. The van der Waals surface area contributed by atoms with Gasteiger partial charge in [0, 0.05) is 37.9 Å². The van der Waals surface area contributed by atoms with E-state index >= 15 is 0 Å². The van der Waals surface area contributed by atoms with Gasteiger partial charge in [-0.1, -0.05) is 0 Å². The molecule has 0 aromatic carbocycles. The number of hydrogen-bond donors (Lipinski definition) is 1. The Morgan fingerprint density at radius 1 is 1.42 bits per heavy atom. The van der Waals surface area contributed by atoms with Crippen molar-refractivity contribution in [1.29, 1.82) is 0 Å². The molecule has 1 saturated heterocycles. The van der Waals surface area contributed by atoms with E-state index in [0.29, 0.717) is 5.92 Å². The highest BCUT2D eigenvalue weighted by Gasteiger charge is 2.27. The molecule has 1 aromatic rings. The number of nitrogens with zero attached hydrogens (tertiary/aromatic N) is 2. The first-order valence-electron chi connectivity index (χ1n) is 8.26. The first-order valence-corrected chi connectivity index (χ1v) is 8.64. The molecule has 7 heteroatoms. The van der Waals surface area contributed by atoms with Crippen molar-refractivity contribution in [3.05, 3.63) is 24.5 Å². The van der Waals surface area contributed by atoms with Gasteiger partial charge < -0.3 is 15.0 Å². The molecule has 2 heterocycles. The van der Waals surface area contributed by atoms with E-state index in [9.17, 15) is 9.59 Å². The SMILES string of the molecule is COC(=O)N1CCCC(CNc2cccnc2)C1.O=C(Cl)C1CC1. The van der Waals surface area contributed by atoms with E-state index in [2.05, 4.69) is 10.3 Å². The molecule has 1 amide bonds. The fraction of sp³-hybridized carbons (Fsp3) is 0.588. The van der Waals surface area contributed by atoms with Crippen molar-refractivity contribution < 1.29 is 14.3 Å². The molecule has 1 atom stereocenters. The zero-order valence-electron chi connectivity index (χ0n) is 13.9. The maximum Gasteiger partial charge on any atom is 0.409 e. The van der Waals surface area contributed by atoms with E-state index in [1.807, 2.05) is 12.1 Å². The number of ether oxygens (including phenoxy) is 1. The predicted molar refractivity (Wildman–Crippen MR) is 93.0 cm³/mol. The molecule has 2 fully saturated rings. The third kappa shape index (κ3) is 6.35. The van der Waals surface area contributed by atoms with Gasteiger partial charge in [-0.15, -0.1) is 0 Å². The van der Waals surface area contributed by atoms with E-state index in [0.717, 1.165) is 51.0 Å². The average molecular weight is 354 g/mol. The number of halogens is 1. The van der Waals surface area contributed by atoms with Crippen molar-refractivity contribution in [1.82, 2.24) is 9.88 Å². The predicted octanol–water partition coefficient (Wildman–Crippen LogP) is 3.13. The fourth-order valence-corrected chi connectivity index (χ4v) is 2.78. The van der Waals surface area contributed by atoms with Crippen molar-refractivity contribution in [3.63, 3.8) is 0 Å². The standard InChI is InChI=1S/C13H19N3O2.C4H5ClO/c1-18-13(17)16-7-3-4-11(10-16)8-15-12-5-2-6-14-9-12;5-4(6)3-1-2-3/h2,5-6,9,11,15H,3-4,7-8,10H2,1H3;3H,1-2H2. The first-order chi connectivity index (χ1) is 11.6. The van der Waals surface area contributed by atoms with Crippen molar-refractivity contribution in [2.24, 2.45) is 11.8 Å². The van der Waals surface area contributed by atoms with Gasteiger partial charge in [0.05, 0.1) is 12.8 Å². The highest BCUT2D eigenvalue weighted by Crippen LogP contribution is 2.30. The first kappa shape index (κ1) is 18.5. The quantitative estimate of drug-likeness (QED) is 0.842. The van der Waals surface area contributed by atoms with Crippen LogP contribution in [0.1, 0.15) is 25.7 Å². The maximum absolute atomic E-state index is 11.5. The minimum Gasteiger partial charge on any atom is -0.453 e. The van der Waals surface area contributed by atoms with Crippen molar-refractivity contribution in [2.45, 2.75) is 25.7 Å². The molecule has 132 valence electrons. The van der Waals surface area contributed by atoms with Crippen LogP contribution in [0.3, 0.4) is 0 Å². The van der Waals surface area contributed by atoms with Gasteiger partial charge in [0.25, 0.3) is 0 Å². The molecule has 6 nitrogen and oxygen atoms in total. The smallest absolute Gasteiger partial charge is 0.409 e. The van der Waals surface area contributed by atoms with E-state index in [4.69, 9.17) is 16.3 Å². The van der Waals surface area contributed by atoms with Crippen LogP contribution in [-0.4, -0.2) is 48.0 Å². The summed E-state index contributed by atoms with van der Waals surface area (Å²) in [6, 6.07) is 3.90. The number of aromatic nitrogens is 1. The summed E-state index contributed by atoms with van der Waals surface area (Å²) in [6.07, 6.45) is 7.55. The van der Waals surface area contributed by atoms with Crippen molar-refractivity contribution in [3.8, 4) is 0 Å². The zero-order valence-corrected chi connectivity index (χ0v) is 14.7. The molecule has 1 saturated carbocycles. The van der Waals surface area contributed by atoms with Gasteiger partial charge in [-0.2, -0.15) is 0 Å². The summed E-state index contributed by atoms with van der Waals surface area (Å²) in [4.78, 5) is 27.3. The summed E-state index contributed by atoms with van der Waals surface area (Å²) < 4.78 is 4.76. The van der Waals surface area contributed by atoms with Crippen molar-refractivity contribution in [2.75, 3.05) is 32.1 Å². The number of carbonyl (C=O) groups is 2. The molecule has 0 spiro atoms. The summed E-state index contributed by atoms with van der Waals surface area (Å²) in [5.74, 6) is 0.699. The second-order valence-electron chi connectivity index (χ2n) is 6.13. The van der Waals surface area contributed by atoms with Crippen LogP contribution < -0.4 is 5.32 Å². The van der Waals surface area contributed by atoms with E-state index in [-0.39, 0.29) is 17.3 Å². The molecule has 1 aromatic heterocycles. The number of nitrogens with one attached hydrogen (secondary N) is 1. The Morgan fingerprint density at radius 3 is 2.75 bits per heavy atom. The summed E-state index contributed by atoms with van der Waals surface area (Å²) >= 11 is 5.04. The van der Waals surface area contributed by atoms with Crippen LogP contribution in [0.5, 0.6) is 0 Å². The van der Waals surface area contributed by atoms with Gasteiger partial charge >= 0.3 is 6.09 Å². The summed E-state index contributed by atoms with van der Waals surface area (Å²) in [7, 11) is 1.43. The van der Waals surface area contributed by atoms with Crippen LogP contribution in [0.2, 0.25) is 0 Å². The number of carbonyl (C=O) groups excluding carboxylic acids is 2. The molecule has 1 N–H and O–H groups in total. The zero-order chi connectivity index (χ0) is 17.4. The van der Waals surface area contributed by atoms with Gasteiger partial charge in [0.2, 0.25) is 5.24 Å². The Bertz CT molecular complexity index is 537. The number of amides is 1. The highest BCUT2D eigenvalue weighted by molar-refractivity contribution is 6.64. The molecule has 24 heavy (non-hydrogen) atoms. The summed E-state index contributed by atoms with van der Waals surface area (Å²) in [5.41, 5.74) is 1.02. The van der Waals surface area contributed by atoms with Gasteiger partial charge in [0.1, 0.15) is 0 Å². The van der Waals surface area contributed by atoms with Crippen LogP contribution in [0.4, 0.5) is 10.5 Å². The molecular formula is C17H24ClN3O3. The molecular weight excluding hydrogens is 330 g/mol. The molecule has 2 aliphatic rings. The Balaban J connectivity index is 0.000000292. The number of anilines is 1. The number of methoxy groups -OCH3 is 1. The van der Waals surface area contributed by atoms with Crippen LogP contribution in [0.25, 0.3) is 0 Å². The third-order valence-electron chi connectivity index (χ3n) is 4.11. The summed E-state index contributed by atoms with van der Waals surface area (Å²) in [6.45, 7) is 2.43. The number of rotatable bonds is 4. The average Bonchev–Trinajstić information content (AvgIpc) is 3.46. The molecule has 0 bridgehead atoms. The lowest BCUT2D eigenvalue weighted by atomic mass is 9.98. The number of hydrogen-bond acceptors (Lipinski definition) is 5. The third-order valence-corrected chi connectivity index (χ3v) is 4.42. The number of piperidine rings is 1. The largest absolute Gasteiger partial charge is 0.453 e. The van der Waals surface area contributed by atoms with E-state index in [1.165, 1.54) is 7.11 Å². The van der Waals surface area contributed by atoms with Gasteiger partial charge in [-0.3, -0.25) is 9.78 Å². The highest BCUT2D eigenvalue weighted by atomic mass is 35.5. The number of pyridine rings is 1. The number of likely N-dealkylation sites (tertiary alicyclic amines) is 1. The minimum absolute atomic E-state index is 0.157. The monoisotopic (exact) mass is 353 g/mol. The van der Waals surface area contributed by atoms with E-state index < -0.39 is 0 Å². The Hall–Kier alpha value is -1.82. The fourth-order valence-electron chi connectivity index (χ4n) is 2.57. The lowest BCUT2D eigenvalue weighted by Gasteiger charge is -2.31. The van der Waals surface area contributed by atoms with Crippen LogP contribution in [-0.2, 0) is 9.53 Å². The Kier molecular flexibility index (Phi) is 7.31. The molecule has 1 aliphatic heterocycles. The van der Waals surface area contributed by atoms with Crippen molar-refractivity contribution >= 4 is 28.6 Å². The van der Waals surface area contributed by atoms with Gasteiger partial charge in [-0.05, 0) is 55.3 Å². The van der Waals surface area contributed by atoms with E-state index in [1.54, 1.807) is 17.3 Å². The molecule has 1 unspecified atom stereocenters. The molecule has 3 rings (SSSR count). The van der Waals surface area contributed by atoms with Gasteiger partial charge in [0.15, 0.2) is 0 Å². The molecule has 1 aliphatic carbocycles.